The summed E-state index contributed by atoms with van der Waals surface area (Å²) in [6.45, 7) is 4.13. The van der Waals surface area contributed by atoms with Crippen LogP contribution in [0.2, 0.25) is 0 Å². The third kappa shape index (κ3) is 3.32. The van der Waals surface area contributed by atoms with Crippen molar-refractivity contribution in [1.82, 2.24) is 9.97 Å². The predicted octanol–water partition coefficient (Wildman–Crippen LogP) is 1.57. The van der Waals surface area contributed by atoms with E-state index in [1.807, 2.05) is 13.8 Å². The van der Waals surface area contributed by atoms with Gasteiger partial charge in [-0.25, -0.2) is 4.98 Å². The molecule has 0 aliphatic carbocycles. The third-order valence-corrected chi connectivity index (χ3v) is 2.73. The van der Waals surface area contributed by atoms with Crippen LogP contribution in [0.25, 0.3) is 0 Å². The Morgan fingerprint density at radius 1 is 1.46 bits per heavy atom. The fraction of sp³-hybridized carbons (Fsp3) is 0.556. The van der Waals surface area contributed by atoms with Gasteiger partial charge in [-0.2, -0.15) is 0 Å². The highest BCUT2D eigenvalue weighted by Crippen LogP contribution is 2.18. The quantitative estimate of drug-likeness (QED) is 0.589. The average molecular weight is 198 g/mol. The molecule has 1 aromatic heterocycles. The van der Waals surface area contributed by atoms with Crippen molar-refractivity contribution < 1.29 is 5.11 Å². The van der Waals surface area contributed by atoms with E-state index in [1.54, 1.807) is 18.0 Å². The molecule has 0 atom stereocenters. The normalized spacial score (nSPS) is 10.4. The first-order valence-corrected chi connectivity index (χ1v) is 5.26. The monoisotopic (exact) mass is 198 g/mol. The second-order valence-corrected chi connectivity index (χ2v) is 3.91. The molecule has 1 N–H and O–H groups in total. The first kappa shape index (κ1) is 10.5. The van der Waals surface area contributed by atoms with Crippen LogP contribution in [-0.2, 0) is 0 Å². The van der Waals surface area contributed by atoms with Crippen LogP contribution >= 0.6 is 11.8 Å². The number of aliphatic hydroxyl groups excluding tert-OH is 1. The topological polar surface area (TPSA) is 46.0 Å². The maximum absolute atomic E-state index is 8.62. The fourth-order valence-electron chi connectivity index (χ4n) is 0.886. The van der Waals surface area contributed by atoms with Crippen molar-refractivity contribution in [2.45, 2.75) is 25.3 Å². The second-order valence-electron chi connectivity index (χ2n) is 2.83. The lowest BCUT2D eigenvalue weighted by atomic mass is 10.4. The van der Waals surface area contributed by atoms with Gasteiger partial charge < -0.3 is 5.11 Å². The fourth-order valence-corrected chi connectivity index (χ4v) is 1.82. The van der Waals surface area contributed by atoms with Crippen molar-refractivity contribution in [2.75, 3.05) is 12.4 Å². The van der Waals surface area contributed by atoms with Crippen LogP contribution in [0.3, 0.4) is 0 Å². The van der Waals surface area contributed by atoms with Gasteiger partial charge in [-0.05, 0) is 20.3 Å². The van der Waals surface area contributed by atoms with Gasteiger partial charge in [-0.15, -0.1) is 11.8 Å². The molecule has 1 rings (SSSR count). The molecule has 0 saturated heterocycles. The van der Waals surface area contributed by atoms with E-state index in [0.29, 0.717) is 0 Å². The Balaban J connectivity index is 2.59. The molecule has 0 aromatic carbocycles. The molecular weight excluding hydrogens is 184 g/mol. The van der Waals surface area contributed by atoms with E-state index >= 15 is 0 Å². The summed E-state index contributed by atoms with van der Waals surface area (Å²) in [5, 5.41) is 9.60. The summed E-state index contributed by atoms with van der Waals surface area (Å²) in [5.41, 5.74) is 1.91. The number of nitrogens with zero attached hydrogens (tertiary/aromatic N) is 2. The number of aryl methyl sites for hydroxylation is 2. The molecule has 13 heavy (non-hydrogen) atoms. The summed E-state index contributed by atoms with van der Waals surface area (Å²) < 4.78 is 0. The lowest BCUT2D eigenvalue weighted by molar-refractivity contribution is 0.296. The Morgan fingerprint density at radius 2 is 2.23 bits per heavy atom. The molecule has 0 radical (unpaired) electrons. The molecule has 1 aromatic rings. The molecule has 0 aliphatic rings. The van der Waals surface area contributed by atoms with Crippen molar-refractivity contribution in [3.8, 4) is 0 Å². The zero-order chi connectivity index (χ0) is 9.68. The highest BCUT2D eigenvalue weighted by atomic mass is 32.2. The molecule has 0 unspecified atom stereocenters. The van der Waals surface area contributed by atoms with E-state index in [2.05, 4.69) is 9.97 Å². The van der Waals surface area contributed by atoms with E-state index in [0.717, 1.165) is 28.6 Å². The number of rotatable bonds is 4. The molecule has 0 aliphatic heterocycles. The van der Waals surface area contributed by atoms with Gasteiger partial charge in [0.1, 0.15) is 5.03 Å². The number of thioether (sulfide) groups is 1. The van der Waals surface area contributed by atoms with E-state index in [-0.39, 0.29) is 6.61 Å². The first-order valence-electron chi connectivity index (χ1n) is 4.28. The molecule has 0 saturated carbocycles. The summed E-state index contributed by atoms with van der Waals surface area (Å²) in [5.74, 6) is 0.898. The largest absolute Gasteiger partial charge is 0.396 e. The second kappa shape index (κ2) is 5.19. The molecular formula is C9H14N2OS. The van der Waals surface area contributed by atoms with E-state index in [1.165, 1.54) is 0 Å². The van der Waals surface area contributed by atoms with Crippen LogP contribution in [0.15, 0.2) is 11.2 Å². The van der Waals surface area contributed by atoms with Gasteiger partial charge in [0.25, 0.3) is 0 Å². The minimum absolute atomic E-state index is 0.241. The number of hydrogen-bond acceptors (Lipinski definition) is 4. The predicted molar refractivity (Wildman–Crippen MR) is 53.9 cm³/mol. The SMILES string of the molecule is Cc1cnc(C)c(SCCCO)n1. The zero-order valence-corrected chi connectivity index (χ0v) is 8.77. The van der Waals surface area contributed by atoms with Crippen molar-refractivity contribution in [2.24, 2.45) is 0 Å². The Kier molecular flexibility index (Phi) is 4.18. The van der Waals surface area contributed by atoms with Gasteiger partial charge in [0.15, 0.2) is 0 Å². The summed E-state index contributed by atoms with van der Waals surface area (Å²) in [4.78, 5) is 8.57. The van der Waals surface area contributed by atoms with E-state index in [4.69, 9.17) is 5.11 Å². The van der Waals surface area contributed by atoms with Crippen molar-refractivity contribution >= 4 is 11.8 Å². The third-order valence-electron chi connectivity index (χ3n) is 1.57. The van der Waals surface area contributed by atoms with Crippen LogP contribution in [0.1, 0.15) is 17.8 Å². The lowest BCUT2D eigenvalue weighted by Crippen LogP contribution is -1.94. The molecule has 3 nitrogen and oxygen atoms in total. The van der Waals surface area contributed by atoms with Crippen LogP contribution in [0, 0.1) is 13.8 Å². The van der Waals surface area contributed by atoms with Gasteiger partial charge in [-0.1, -0.05) is 0 Å². The average Bonchev–Trinajstić information content (AvgIpc) is 2.11. The number of aliphatic hydroxyl groups is 1. The smallest absolute Gasteiger partial charge is 0.118 e. The summed E-state index contributed by atoms with van der Waals surface area (Å²) in [6.07, 6.45) is 2.57. The Labute approximate surface area is 82.6 Å². The highest BCUT2D eigenvalue weighted by molar-refractivity contribution is 7.99. The van der Waals surface area contributed by atoms with Gasteiger partial charge in [0, 0.05) is 18.6 Å². The molecule has 1 heterocycles. The lowest BCUT2D eigenvalue weighted by Gasteiger charge is -2.03. The summed E-state index contributed by atoms with van der Waals surface area (Å²) in [7, 11) is 0. The maximum Gasteiger partial charge on any atom is 0.118 e. The van der Waals surface area contributed by atoms with Gasteiger partial charge in [-0.3, -0.25) is 4.98 Å². The molecule has 72 valence electrons. The Morgan fingerprint density at radius 3 is 2.92 bits per heavy atom. The van der Waals surface area contributed by atoms with Crippen molar-refractivity contribution in [1.29, 1.82) is 0 Å². The van der Waals surface area contributed by atoms with Crippen LogP contribution in [0.5, 0.6) is 0 Å². The molecule has 0 fully saturated rings. The van der Waals surface area contributed by atoms with Crippen LogP contribution in [0.4, 0.5) is 0 Å². The van der Waals surface area contributed by atoms with Crippen molar-refractivity contribution in [3.63, 3.8) is 0 Å². The number of hydrogen-bond donors (Lipinski definition) is 1. The molecule has 0 amide bonds. The van der Waals surface area contributed by atoms with Crippen LogP contribution < -0.4 is 0 Å². The van der Waals surface area contributed by atoms with Gasteiger partial charge >= 0.3 is 0 Å². The highest BCUT2D eigenvalue weighted by Gasteiger charge is 2.01. The molecule has 0 bridgehead atoms. The van der Waals surface area contributed by atoms with E-state index < -0.39 is 0 Å². The molecule has 0 spiro atoms. The maximum atomic E-state index is 8.62. The number of aromatic nitrogens is 2. The van der Waals surface area contributed by atoms with Crippen LogP contribution in [-0.4, -0.2) is 27.4 Å². The summed E-state index contributed by atoms with van der Waals surface area (Å²) in [6, 6.07) is 0. The van der Waals surface area contributed by atoms with E-state index in [9.17, 15) is 0 Å². The Bertz CT molecular complexity index is 278. The zero-order valence-electron chi connectivity index (χ0n) is 7.95. The van der Waals surface area contributed by atoms with Gasteiger partial charge in [0.05, 0.1) is 11.4 Å². The van der Waals surface area contributed by atoms with Crippen molar-refractivity contribution in [3.05, 3.63) is 17.6 Å². The molecule has 4 heteroatoms. The Hall–Kier alpha value is -0.610. The van der Waals surface area contributed by atoms with Gasteiger partial charge in [0.2, 0.25) is 0 Å². The standard InChI is InChI=1S/C9H14N2OS/c1-7-6-10-8(2)9(11-7)13-5-3-4-12/h6,12H,3-5H2,1-2H3. The first-order chi connectivity index (χ1) is 6.24. The minimum atomic E-state index is 0.241. The minimum Gasteiger partial charge on any atom is -0.396 e. The summed E-state index contributed by atoms with van der Waals surface area (Å²) >= 11 is 1.65.